The van der Waals surface area contributed by atoms with Crippen LogP contribution in [-0.4, -0.2) is 31.3 Å². The maximum absolute atomic E-state index is 12.9. The molecule has 0 unspecified atom stereocenters. The third kappa shape index (κ3) is 5.20. The number of unbranched alkanes of at least 4 members (excludes halogenated alkanes) is 4. The van der Waals surface area contributed by atoms with Crippen molar-refractivity contribution in [1.29, 1.82) is 0 Å². The van der Waals surface area contributed by atoms with Gasteiger partial charge in [-0.3, -0.25) is 0 Å². The molecule has 8 heteroatoms. The zero-order valence-corrected chi connectivity index (χ0v) is 10.1. The highest BCUT2D eigenvalue weighted by atomic mass is 32.2. The van der Waals surface area contributed by atoms with Gasteiger partial charge in [-0.15, -0.1) is 0 Å². The first-order valence-electron chi connectivity index (χ1n) is 5.26. The van der Waals surface area contributed by atoms with Gasteiger partial charge < -0.3 is 5.11 Å². The van der Waals surface area contributed by atoms with Crippen LogP contribution in [0.5, 0.6) is 0 Å². The molecule has 0 radical (unpaired) electrons. The molecule has 0 saturated heterocycles. The largest absolute Gasteiger partial charge is 0.404 e. The third-order valence-corrected chi connectivity index (χ3v) is 3.10. The molecule has 0 aromatic rings. The highest BCUT2D eigenvalue weighted by Crippen LogP contribution is 2.38. The molecule has 0 aliphatic carbocycles. The molecule has 0 fully saturated rings. The highest BCUT2D eigenvalue weighted by molar-refractivity contribution is 7.73. The smallest absolute Gasteiger partial charge is 0.396 e. The Kier molecular flexibility index (Phi) is 6.99. The van der Waals surface area contributed by atoms with E-state index in [4.69, 9.17) is 5.11 Å². The van der Waals surface area contributed by atoms with E-state index in [9.17, 15) is 26.0 Å². The second kappa shape index (κ2) is 7.15. The summed E-state index contributed by atoms with van der Waals surface area (Å²) in [7, 11) is -4.48. The molecular weight excluding hydrogens is 264 g/mol. The monoisotopic (exact) mass is 280 g/mol. The van der Waals surface area contributed by atoms with Crippen LogP contribution in [-0.2, 0) is 10.7 Å². The van der Waals surface area contributed by atoms with Crippen LogP contribution in [0.1, 0.15) is 38.5 Å². The number of alkyl halides is 4. The van der Waals surface area contributed by atoms with Crippen LogP contribution < -0.4 is 0 Å². The lowest BCUT2D eigenvalue weighted by atomic mass is 10.1. The molecule has 1 N–H and O–H groups in total. The Morgan fingerprint density at radius 1 is 0.882 bits per heavy atom. The zero-order chi connectivity index (χ0) is 13.5. The Hall–Kier alpha value is -0.370. The van der Waals surface area contributed by atoms with Gasteiger partial charge in [0.2, 0.25) is 10.7 Å². The van der Waals surface area contributed by atoms with Gasteiger partial charge in [-0.25, -0.2) is 8.42 Å². The molecule has 0 heterocycles. The van der Waals surface area contributed by atoms with Crippen molar-refractivity contribution in [2.45, 2.75) is 49.7 Å². The van der Waals surface area contributed by atoms with Crippen molar-refractivity contribution >= 4 is 10.7 Å². The summed E-state index contributed by atoms with van der Waals surface area (Å²) in [6.45, 7) is 0.00485. The van der Waals surface area contributed by atoms with Gasteiger partial charge in [-0.2, -0.15) is 17.6 Å². The maximum Gasteiger partial charge on any atom is 0.404 e. The van der Waals surface area contributed by atoms with E-state index in [2.05, 4.69) is 0 Å². The minimum Gasteiger partial charge on any atom is -0.396 e. The van der Waals surface area contributed by atoms with E-state index in [1.54, 1.807) is 0 Å². The molecule has 17 heavy (non-hydrogen) atoms. The molecule has 0 saturated carbocycles. The molecule has 0 aromatic heterocycles. The summed E-state index contributed by atoms with van der Waals surface area (Å²) in [5.41, 5.74) is 0. The standard InChI is InChI=1S/C9H16F4O3S/c10-8(11,9(12,13)17(15)16)6-4-2-1-3-5-7-14/h14,17H,1-7H2. The number of hydrogen-bond donors (Lipinski definition) is 2. The molecule has 0 bridgehead atoms. The third-order valence-electron chi connectivity index (χ3n) is 2.32. The molecule has 0 aliphatic rings. The average molecular weight is 280 g/mol. The molecule has 0 amide bonds. The van der Waals surface area contributed by atoms with Gasteiger partial charge in [0.1, 0.15) is 0 Å². The van der Waals surface area contributed by atoms with Crippen molar-refractivity contribution in [3.05, 3.63) is 0 Å². The van der Waals surface area contributed by atoms with Crippen LogP contribution >= 0.6 is 0 Å². The molecule has 0 rings (SSSR count). The molecule has 0 spiro atoms. The van der Waals surface area contributed by atoms with Crippen molar-refractivity contribution in [3.8, 4) is 0 Å². The molecule has 104 valence electrons. The second-order valence-corrected chi connectivity index (χ2v) is 4.82. The summed E-state index contributed by atoms with van der Waals surface area (Å²) in [6.07, 6.45) is 0.708. The Balaban J connectivity index is 4.02. The number of thiol groups is 1. The van der Waals surface area contributed by atoms with Crippen molar-refractivity contribution in [1.82, 2.24) is 0 Å². The fraction of sp³-hybridized carbons (Fsp3) is 1.00. The average Bonchev–Trinajstić information content (AvgIpc) is 2.22. The van der Waals surface area contributed by atoms with Crippen LogP contribution in [0.15, 0.2) is 0 Å². The summed E-state index contributed by atoms with van der Waals surface area (Å²) in [4.78, 5) is 0. The molecular formula is C9H16F4O3S. The summed E-state index contributed by atoms with van der Waals surface area (Å²) < 4.78 is 70.9. The van der Waals surface area contributed by atoms with Crippen LogP contribution in [0.2, 0.25) is 0 Å². The lowest BCUT2D eigenvalue weighted by Gasteiger charge is -2.21. The van der Waals surface area contributed by atoms with Crippen LogP contribution in [0, 0.1) is 0 Å². The normalized spacial score (nSPS) is 13.3. The van der Waals surface area contributed by atoms with Gasteiger partial charge in [0.15, 0.2) is 0 Å². The van der Waals surface area contributed by atoms with E-state index in [0.717, 1.165) is 0 Å². The van der Waals surface area contributed by atoms with Crippen LogP contribution in [0.3, 0.4) is 0 Å². The first-order chi connectivity index (χ1) is 7.75. The number of halogens is 4. The lowest BCUT2D eigenvalue weighted by molar-refractivity contribution is -0.159. The first-order valence-corrected chi connectivity index (χ1v) is 6.44. The Morgan fingerprint density at radius 2 is 1.35 bits per heavy atom. The Labute approximate surface area is 98.8 Å². The number of aliphatic hydroxyl groups is 1. The summed E-state index contributed by atoms with van der Waals surface area (Å²) >= 11 is 0. The molecule has 0 aliphatic heterocycles. The minimum absolute atomic E-state index is 0.00485. The van der Waals surface area contributed by atoms with E-state index in [0.29, 0.717) is 25.7 Å². The molecule has 0 aromatic carbocycles. The SMILES string of the molecule is O=[SH](=O)C(F)(F)C(F)(F)CCCCCCCO. The zero-order valence-electron chi connectivity index (χ0n) is 9.17. The van der Waals surface area contributed by atoms with Crippen LogP contribution in [0.25, 0.3) is 0 Å². The number of rotatable bonds is 9. The van der Waals surface area contributed by atoms with Gasteiger partial charge in [0, 0.05) is 13.0 Å². The predicted molar refractivity (Wildman–Crippen MR) is 55.0 cm³/mol. The number of aliphatic hydroxyl groups excluding tert-OH is 1. The van der Waals surface area contributed by atoms with Gasteiger partial charge in [0.05, 0.1) is 0 Å². The van der Waals surface area contributed by atoms with Crippen LogP contribution in [0.4, 0.5) is 17.6 Å². The maximum atomic E-state index is 12.9. The van der Waals surface area contributed by atoms with Crippen molar-refractivity contribution < 1.29 is 31.1 Å². The topological polar surface area (TPSA) is 54.4 Å². The number of hydrogen-bond acceptors (Lipinski definition) is 3. The summed E-state index contributed by atoms with van der Waals surface area (Å²) in [6, 6.07) is 0. The quantitative estimate of drug-likeness (QED) is 0.386. The fourth-order valence-corrected chi connectivity index (χ4v) is 1.65. The van der Waals surface area contributed by atoms with Crippen molar-refractivity contribution in [2.75, 3.05) is 6.61 Å². The van der Waals surface area contributed by atoms with Crippen molar-refractivity contribution in [3.63, 3.8) is 0 Å². The Bertz CT molecular complexity index is 284. The van der Waals surface area contributed by atoms with Gasteiger partial charge in [0.25, 0.3) is 0 Å². The predicted octanol–water partition coefficient (Wildman–Crippen LogP) is 2.16. The second-order valence-electron chi connectivity index (χ2n) is 3.74. The van der Waals surface area contributed by atoms with E-state index >= 15 is 0 Å². The molecule has 0 atom stereocenters. The van der Waals surface area contributed by atoms with Crippen molar-refractivity contribution in [2.24, 2.45) is 0 Å². The Morgan fingerprint density at radius 3 is 1.82 bits per heavy atom. The summed E-state index contributed by atoms with van der Waals surface area (Å²) in [5.74, 6) is -4.51. The van der Waals surface area contributed by atoms with E-state index in [1.807, 2.05) is 0 Å². The minimum atomic E-state index is -4.98. The fourth-order valence-electron chi connectivity index (χ4n) is 1.27. The van der Waals surface area contributed by atoms with Gasteiger partial charge >= 0.3 is 11.2 Å². The molecule has 3 nitrogen and oxygen atoms in total. The van der Waals surface area contributed by atoms with Gasteiger partial charge in [-0.05, 0) is 12.8 Å². The summed E-state index contributed by atoms with van der Waals surface area (Å²) in [5, 5.41) is 3.45. The lowest BCUT2D eigenvalue weighted by Crippen LogP contribution is -2.41. The first kappa shape index (κ1) is 16.6. The van der Waals surface area contributed by atoms with E-state index in [-0.39, 0.29) is 13.0 Å². The van der Waals surface area contributed by atoms with Gasteiger partial charge in [-0.1, -0.05) is 19.3 Å². The highest BCUT2D eigenvalue weighted by Gasteiger charge is 2.58. The van der Waals surface area contributed by atoms with E-state index in [1.165, 1.54) is 0 Å². The van der Waals surface area contributed by atoms with E-state index < -0.39 is 28.3 Å².